The molecular formula is C19H23N3O3S. The number of hydrogen-bond donors (Lipinski definition) is 1. The van der Waals surface area contributed by atoms with E-state index < -0.39 is 9.84 Å². The van der Waals surface area contributed by atoms with Crippen LogP contribution < -0.4 is 5.32 Å². The third-order valence-electron chi connectivity index (χ3n) is 4.73. The standard InChI is InChI=1S/C19H23N3O3S/c1-13-4-5-17(14(2)10-13)21-18-11-15(6-8-20-18)19(23)22(3)16-7-9-26(24,25)12-16/h4-6,8,10-11,16H,7,9,12H2,1-3H3,(H,20,21). The highest BCUT2D eigenvalue weighted by atomic mass is 32.2. The maximum absolute atomic E-state index is 12.7. The molecule has 0 saturated carbocycles. The van der Waals surface area contributed by atoms with Gasteiger partial charge in [0, 0.05) is 30.5 Å². The molecule has 0 radical (unpaired) electrons. The molecule has 1 N–H and O–H groups in total. The molecule has 1 saturated heterocycles. The van der Waals surface area contributed by atoms with Crippen molar-refractivity contribution < 1.29 is 13.2 Å². The van der Waals surface area contributed by atoms with Crippen LogP contribution in [0, 0.1) is 13.8 Å². The molecule has 1 aromatic heterocycles. The molecule has 26 heavy (non-hydrogen) atoms. The van der Waals surface area contributed by atoms with Crippen molar-refractivity contribution in [2.75, 3.05) is 23.9 Å². The average Bonchev–Trinajstić information content (AvgIpc) is 2.96. The number of pyridine rings is 1. The summed E-state index contributed by atoms with van der Waals surface area (Å²) in [6, 6.07) is 9.15. The zero-order valence-electron chi connectivity index (χ0n) is 15.2. The van der Waals surface area contributed by atoms with Gasteiger partial charge in [0.05, 0.1) is 11.5 Å². The highest BCUT2D eigenvalue weighted by Gasteiger charge is 2.33. The monoisotopic (exact) mass is 373 g/mol. The Hall–Kier alpha value is -2.41. The molecule has 1 aliphatic rings. The molecule has 0 bridgehead atoms. The second-order valence-electron chi connectivity index (χ2n) is 6.85. The number of carbonyl (C=O) groups is 1. The van der Waals surface area contributed by atoms with Crippen LogP contribution in [0.3, 0.4) is 0 Å². The van der Waals surface area contributed by atoms with Crippen LogP contribution in [0.2, 0.25) is 0 Å². The molecule has 1 aliphatic heterocycles. The number of nitrogens with zero attached hydrogens (tertiary/aromatic N) is 2. The predicted molar refractivity (Wildman–Crippen MR) is 103 cm³/mol. The summed E-state index contributed by atoms with van der Waals surface area (Å²) < 4.78 is 23.3. The number of benzene rings is 1. The van der Waals surface area contributed by atoms with Gasteiger partial charge in [0.1, 0.15) is 5.82 Å². The molecule has 138 valence electrons. The summed E-state index contributed by atoms with van der Waals surface area (Å²) in [7, 11) is -1.37. The van der Waals surface area contributed by atoms with Crippen LogP contribution in [0.1, 0.15) is 27.9 Å². The van der Waals surface area contributed by atoms with Gasteiger partial charge in [-0.3, -0.25) is 4.79 Å². The average molecular weight is 373 g/mol. The minimum atomic E-state index is -3.03. The number of sulfone groups is 1. The lowest BCUT2D eigenvalue weighted by Gasteiger charge is -2.23. The number of aryl methyl sites for hydroxylation is 2. The lowest BCUT2D eigenvalue weighted by molar-refractivity contribution is 0.0747. The van der Waals surface area contributed by atoms with Crippen molar-refractivity contribution in [1.82, 2.24) is 9.88 Å². The van der Waals surface area contributed by atoms with E-state index in [-0.39, 0.29) is 23.5 Å². The molecule has 1 atom stereocenters. The van der Waals surface area contributed by atoms with Crippen LogP contribution in [-0.2, 0) is 9.84 Å². The highest BCUT2D eigenvalue weighted by Crippen LogP contribution is 2.22. The Kier molecular flexibility index (Phi) is 5.00. The Balaban J connectivity index is 1.77. The number of anilines is 2. The van der Waals surface area contributed by atoms with Crippen molar-refractivity contribution in [3.63, 3.8) is 0 Å². The van der Waals surface area contributed by atoms with E-state index in [2.05, 4.69) is 16.4 Å². The van der Waals surface area contributed by atoms with Gasteiger partial charge in [-0.15, -0.1) is 0 Å². The molecule has 1 aromatic carbocycles. The quantitative estimate of drug-likeness (QED) is 0.891. The van der Waals surface area contributed by atoms with Crippen LogP contribution in [0.4, 0.5) is 11.5 Å². The minimum absolute atomic E-state index is 0.0357. The first-order chi connectivity index (χ1) is 12.2. The van der Waals surface area contributed by atoms with Gasteiger partial charge in [0.15, 0.2) is 9.84 Å². The summed E-state index contributed by atoms with van der Waals surface area (Å²) in [5, 5.41) is 3.24. The second kappa shape index (κ2) is 7.07. The molecule has 1 amide bonds. The Morgan fingerprint density at radius 1 is 1.23 bits per heavy atom. The van der Waals surface area contributed by atoms with E-state index in [1.54, 1.807) is 25.4 Å². The normalized spacial score (nSPS) is 18.5. The fourth-order valence-electron chi connectivity index (χ4n) is 3.17. The summed E-state index contributed by atoms with van der Waals surface area (Å²) in [4.78, 5) is 18.5. The lowest BCUT2D eigenvalue weighted by atomic mass is 10.1. The van der Waals surface area contributed by atoms with Crippen LogP contribution in [0.5, 0.6) is 0 Å². The molecule has 3 rings (SSSR count). The van der Waals surface area contributed by atoms with E-state index in [0.29, 0.717) is 17.8 Å². The van der Waals surface area contributed by atoms with E-state index in [0.717, 1.165) is 11.3 Å². The molecule has 2 aromatic rings. The number of aromatic nitrogens is 1. The number of carbonyl (C=O) groups excluding carboxylic acids is 1. The first-order valence-electron chi connectivity index (χ1n) is 8.53. The second-order valence-corrected chi connectivity index (χ2v) is 9.07. The fraction of sp³-hybridized carbons (Fsp3) is 0.368. The van der Waals surface area contributed by atoms with Crippen molar-refractivity contribution in [1.29, 1.82) is 0 Å². The number of nitrogens with one attached hydrogen (secondary N) is 1. The maximum atomic E-state index is 12.7. The van der Waals surface area contributed by atoms with Crippen LogP contribution in [-0.4, -0.2) is 48.8 Å². The van der Waals surface area contributed by atoms with E-state index in [9.17, 15) is 13.2 Å². The predicted octanol–water partition coefficient (Wildman–Crippen LogP) is 2.70. The first kappa shape index (κ1) is 18.4. The number of hydrogen-bond acceptors (Lipinski definition) is 5. The molecule has 0 aliphatic carbocycles. The van der Waals surface area contributed by atoms with Gasteiger partial charge >= 0.3 is 0 Å². The fourth-order valence-corrected chi connectivity index (χ4v) is 4.95. The van der Waals surface area contributed by atoms with E-state index in [1.165, 1.54) is 10.5 Å². The first-order valence-corrected chi connectivity index (χ1v) is 10.4. The zero-order valence-corrected chi connectivity index (χ0v) is 16.0. The van der Waals surface area contributed by atoms with E-state index in [1.807, 2.05) is 26.0 Å². The highest BCUT2D eigenvalue weighted by molar-refractivity contribution is 7.91. The van der Waals surface area contributed by atoms with Crippen molar-refractivity contribution in [2.24, 2.45) is 0 Å². The Morgan fingerprint density at radius 3 is 2.65 bits per heavy atom. The maximum Gasteiger partial charge on any atom is 0.254 e. The summed E-state index contributed by atoms with van der Waals surface area (Å²) >= 11 is 0. The molecule has 7 heteroatoms. The minimum Gasteiger partial charge on any atom is -0.340 e. The van der Waals surface area contributed by atoms with Crippen molar-refractivity contribution in [2.45, 2.75) is 26.3 Å². The van der Waals surface area contributed by atoms with Gasteiger partial charge in [0.2, 0.25) is 0 Å². The number of amides is 1. The molecule has 6 nitrogen and oxygen atoms in total. The Labute approximate surface area is 154 Å². The summed E-state index contributed by atoms with van der Waals surface area (Å²) in [5.41, 5.74) is 3.69. The molecule has 1 unspecified atom stereocenters. The van der Waals surface area contributed by atoms with Crippen LogP contribution >= 0.6 is 0 Å². The number of rotatable bonds is 4. The molecule has 1 fully saturated rings. The molecular weight excluding hydrogens is 350 g/mol. The topological polar surface area (TPSA) is 79.4 Å². The summed E-state index contributed by atoms with van der Waals surface area (Å²) in [6.45, 7) is 4.05. The summed E-state index contributed by atoms with van der Waals surface area (Å²) in [6.07, 6.45) is 2.07. The SMILES string of the molecule is Cc1ccc(Nc2cc(C(=O)N(C)C3CCS(=O)(=O)C3)ccn2)c(C)c1. The Morgan fingerprint density at radius 2 is 2.00 bits per heavy atom. The van der Waals surface area contributed by atoms with Gasteiger partial charge < -0.3 is 10.2 Å². The van der Waals surface area contributed by atoms with Gasteiger partial charge in [-0.25, -0.2) is 13.4 Å². The van der Waals surface area contributed by atoms with Gasteiger partial charge in [0.25, 0.3) is 5.91 Å². The van der Waals surface area contributed by atoms with E-state index in [4.69, 9.17) is 0 Å². The van der Waals surface area contributed by atoms with Crippen molar-refractivity contribution in [3.8, 4) is 0 Å². The lowest BCUT2D eigenvalue weighted by Crippen LogP contribution is -2.37. The van der Waals surface area contributed by atoms with Gasteiger partial charge in [-0.1, -0.05) is 17.7 Å². The van der Waals surface area contributed by atoms with Crippen LogP contribution in [0.15, 0.2) is 36.5 Å². The van der Waals surface area contributed by atoms with Gasteiger partial charge in [-0.05, 0) is 44.0 Å². The van der Waals surface area contributed by atoms with Crippen molar-refractivity contribution >= 4 is 27.2 Å². The zero-order chi connectivity index (χ0) is 18.9. The third-order valence-corrected chi connectivity index (χ3v) is 6.48. The molecule has 0 spiro atoms. The smallest absolute Gasteiger partial charge is 0.254 e. The molecule has 2 heterocycles. The largest absolute Gasteiger partial charge is 0.340 e. The van der Waals surface area contributed by atoms with Crippen molar-refractivity contribution in [3.05, 3.63) is 53.2 Å². The van der Waals surface area contributed by atoms with E-state index >= 15 is 0 Å². The summed E-state index contributed by atoms with van der Waals surface area (Å²) in [5.74, 6) is 0.562. The Bertz CT molecular complexity index is 941. The van der Waals surface area contributed by atoms with Gasteiger partial charge in [-0.2, -0.15) is 0 Å². The third kappa shape index (κ3) is 4.04. The van der Waals surface area contributed by atoms with Crippen LogP contribution in [0.25, 0.3) is 0 Å².